The minimum Gasteiger partial charge on any atom is -0.378 e. The number of halogens is 1. The maximum absolute atomic E-state index is 12.6. The Labute approximate surface area is 160 Å². The number of carbonyl (C=O) groups is 1. The fourth-order valence-electron chi connectivity index (χ4n) is 3.38. The van der Waals surface area contributed by atoms with E-state index < -0.39 is 6.10 Å². The normalized spacial score (nSPS) is 15.8. The summed E-state index contributed by atoms with van der Waals surface area (Å²) in [7, 11) is 1.73. The summed E-state index contributed by atoms with van der Waals surface area (Å²) in [4.78, 5) is 16.7. The van der Waals surface area contributed by atoms with Gasteiger partial charge in [0.15, 0.2) is 6.10 Å². The third-order valence-electron chi connectivity index (χ3n) is 4.91. The highest BCUT2D eigenvalue weighted by atomic mass is 35.5. The van der Waals surface area contributed by atoms with Crippen molar-refractivity contribution in [3.63, 3.8) is 0 Å². The van der Waals surface area contributed by atoms with E-state index in [4.69, 9.17) is 11.6 Å². The van der Waals surface area contributed by atoms with Gasteiger partial charge in [-0.15, -0.1) is 0 Å². The van der Waals surface area contributed by atoms with Gasteiger partial charge in [0.25, 0.3) is 5.91 Å². The topological polar surface area (TPSA) is 43.8 Å². The molecule has 0 bridgehead atoms. The number of hydrogen-bond donors (Lipinski definition) is 1. The summed E-state index contributed by atoms with van der Waals surface area (Å²) in [6.07, 6.45) is 1.34. The predicted molar refractivity (Wildman–Crippen MR) is 104 cm³/mol. The lowest BCUT2D eigenvalue weighted by Gasteiger charge is -2.23. The number of hydrogen-bond acceptors (Lipinski definition) is 3. The molecule has 1 aliphatic heterocycles. The van der Waals surface area contributed by atoms with E-state index >= 15 is 0 Å². The van der Waals surface area contributed by atoms with Crippen LogP contribution < -0.4 is 0 Å². The number of carbonyl (C=O) groups excluding carboxylic acids is 1. The summed E-state index contributed by atoms with van der Waals surface area (Å²) in [5.74, 6) is -0.316. The van der Waals surface area contributed by atoms with Gasteiger partial charge in [-0.25, -0.2) is 0 Å². The Bertz CT molecular complexity index is 742. The van der Waals surface area contributed by atoms with Gasteiger partial charge < -0.3 is 10.0 Å². The third-order valence-corrected chi connectivity index (χ3v) is 5.17. The molecule has 5 heteroatoms. The summed E-state index contributed by atoms with van der Waals surface area (Å²) in [5.41, 5.74) is 2.92. The summed E-state index contributed by atoms with van der Waals surface area (Å²) in [6, 6.07) is 14.9. The van der Waals surface area contributed by atoms with Gasteiger partial charge >= 0.3 is 0 Å². The fraction of sp³-hybridized carbons (Fsp3) is 0.381. The number of rotatable bonds is 6. The smallest absolute Gasteiger partial charge is 0.256 e. The monoisotopic (exact) mass is 372 g/mol. The van der Waals surface area contributed by atoms with Crippen LogP contribution in [0.15, 0.2) is 48.5 Å². The van der Waals surface area contributed by atoms with Crippen molar-refractivity contribution in [2.24, 2.45) is 0 Å². The second-order valence-electron chi connectivity index (χ2n) is 6.90. The molecule has 0 saturated carbocycles. The number of aliphatic hydroxyl groups is 1. The van der Waals surface area contributed by atoms with E-state index in [1.807, 2.05) is 12.1 Å². The largest absolute Gasteiger partial charge is 0.378 e. The van der Waals surface area contributed by atoms with Crippen molar-refractivity contribution in [3.05, 3.63) is 70.2 Å². The lowest BCUT2D eigenvalue weighted by atomic mass is 10.1. The highest BCUT2D eigenvalue weighted by Gasteiger charge is 2.22. The van der Waals surface area contributed by atoms with Crippen molar-refractivity contribution in [2.75, 3.05) is 20.1 Å². The molecule has 0 aromatic heterocycles. The van der Waals surface area contributed by atoms with E-state index in [0.29, 0.717) is 17.1 Å². The first kappa shape index (κ1) is 18.9. The highest BCUT2D eigenvalue weighted by molar-refractivity contribution is 6.30. The van der Waals surface area contributed by atoms with Crippen LogP contribution in [-0.2, 0) is 17.9 Å². The first-order valence-corrected chi connectivity index (χ1v) is 9.40. The van der Waals surface area contributed by atoms with Crippen LogP contribution in [0.1, 0.15) is 35.6 Å². The molecule has 0 unspecified atom stereocenters. The fourth-order valence-corrected chi connectivity index (χ4v) is 3.50. The first-order chi connectivity index (χ1) is 12.5. The lowest BCUT2D eigenvalue weighted by molar-refractivity contribution is -0.139. The summed E-state index contributed by atoms with van der Waals surface area (Å²) in [6.45, 7) is 3.67. The van der Waals surface area contributed by atoms with E-state index in [-0.39, 0.29) is 5.91 Å². The van der Waals surface area contributed by atoms with Crippen molar-refractivity contribution >= 4 is 17.5 Å². The average Bonchev–Trinajstić information content (AvgIpc) is 3.16. The zero-order valence-corrected chi connectivity index (χ0v) is 15.8. The molecule has 138 valence electrons. The molecule has 1 fully saturated rings. The summed E-state index contributed by atoms with van der Waals surface area (Å²) < 4.78 is 0. The molecule has 1 aliphatic rings. The Morgan fingerprint density at radius 3 is 2.38 bits per heavy atom. The second kappa shape index (κ2) is 8.67. The second-order valence-corrected chi connectivity index (χ2v) is 7.34. The standard InChI is InChI=1S/C21H25ClN2O2/c1-23(21(26)20(25)16-8-10-19(22)11-9-16)14-17-6-2-3-7-18(17)15-24-12-4-5-13-24/h2-3,6-11,20,25H,4-5,12-15H2,1H3/t20-/m0/s1. The van der Waals surface area contributed by atoms with Gasteiger partial charge in [0.2, 0.25) is 0 Å². The molecular weight excluding hydrogens is 348 g/mol. The maximum atomic E-state index is 12.6. The van der Waals surface area contributed by atoms with Crippen LogP contribution in [0.3, 0.4) is 0 Å². The Balaban J connectivity index is 1.67. The van der Waals surface area contributed by atoms with Crippen molar-refractivity contribution in [1.29, 1.82) is 0 Å². The predicted octanol–water partition coefficient (Wildman–Crippen LogP) is 3.63. The molecule has 0 aliphatic carbocycles. The van der Waals surface area contributed by atoms with Gasteiger partial charge in [0, 0.05) is 25.2 Å². The molecule has 0 radical (unpaired) electrons. The van der Waals surface area contributed by atoms with Crippen LogP contribution in [0.25, 0.3) is 0 Å². The van der Waals surface area contributed by atoms with E-state index in [9.17, 15) is 9.90 Å². The number of aliphatic hydroxyl groups excluding tert-OH is 1. The highest BCUT2D eigenvalue weighted by Crippen LogP contribution is 2.21. The van der Waals surface area contributed by atoms with Crippen LogP contribution in [-0.4, -0.2) is 41.0 Å². The van der Waals surface area contributed by atoms with Gasteiger partial charge in [-0.05, 0) is 54.8 Å². The van der Waals surface area contributed by atoms with Crippen molar-refractivity contribution in [3.8, 4) is 0 Å². The zero-order valence-electron chi connectivity index (χ0n) is 15.1. The number of likely N-dealkylation sites (N-methyl/N-ethyl adjacent to an activating group) is 1. The van der Waals surface area contributed by atoms with Gasteiger partial charge in [0.05, 0.1) is 0 Å². The minimum absolute atomic E-state index is 0.316. The van der Waals surface area contributed by atoms with Crippen LogP contribution in [0.5, 0.6) is 0 Å². The van der Waals surface area contributed by atoms with Gasteiger partial charge in [-0.3, -0.25) is 9.69 Å². The van der Waals surface area contributed by atoms with Gasteiger partial charge in [0.1, 0.15) is 0 Å². The zero-order chi connectivity index (χ0) is 18.5. The van der Waals surface area contributed by atoms with E-state index in [2.05, 4.69) is 17.0 Å². The maximum Gasteiger partial charge on any atom is 0.256 e. The molecule has 2 aromatic rings. The first-order valence-electron chi connectivity index (χ1n) is 9.02. The van der Waals surface area contributed by atoms with Crippen LogP contribution in [0, 0.1) is 0 Å². The number of likely N-dealkylation sites (tertiary alicyclic amines) is 1. The lowest BCUT2D eigenvalue weighted by Crippen LogP contribution is -2.32. The molecule has 3 rings (SSSR count). The number of nitrogens with zero attached hydrogens (tertiary/aromatic N) is 2. The molecule has 1 amide bonds. The van der Waals surface area contributed by atoms with Crippen LogP contribution in [0.2, 0.25) is 5.02 Å². The third kappa shape index (κ3) is 4.64. The van der Waals surface area contributed by atoms with Crippen LogP contribution >= 0.6 is 11.6 Å². The van der Waals surface area contributed by atoms with Crippen molar-refractivity contribution in [2.45, 2.75) is 32.0 Å². The number of benzene rings is 2. The van der Waals surface area contributed by atoms with E-state index in [1.54, 1.807) is 36.2 Å². The van der Waals surface area contributed by atoms with Gasteiger partial charge in [-0.2, -0.15) is 0 Å². The van der Waals surface area contributed by atoms with Crippen molar-refractivity contribution < 1.29 is 9.90 Å². The summed E-state index contributed by atoms with van der Waals surface area (Å²) in [5, 5.41) is 11.0. The Morgan fingerprint density at radius 1 is 1.12 bits per heavy atom. The van der Waals surface area contributed by atoms with E-state index in [1.165, 1.54) is 18.4 Å². The quantitative estimate of drug-likeness (QED) is 0.842. The summed E-state index contributed by atoms with van der Waals surface area (Å²) >= 11 is 5.87. The molecule has 1 atom stereocenters. The Morgan fingerprint density at radius 2 is 1.73 bits per heavy atom. The molecule has 2 aromatic carbocycles. The van der Waals surface area contributed by atoms with Crippen molar-refractivity contribution in [1.82, 2.24) is 9.80 Å². The molecule has 26 heavy (non-hydrogen) atoms. The SMILES string of the molecule is CN(Cc1ccccc1CN1CCCC1)C(=O)[C@@H](O)c1ccc(Cl)cc1. The molecular formula is C21H25ClN2O2. The van der Waals surface area contributed by atoms with Gasteiger partial charge in [-0.1, -0.05) is 48.0 Å². The molecule has 1 N–H and O–H groups in total. The van der Waals surface area contributed by atoms with Crippen LogP contribution in [0.4, 0.5) is 0 Å². The minimum atomic E-state index is -1.18. The van der Waals surface area contributed by atoms with E-state index in [0.717, 1.165) is 25.2 Å². The average molecular weight is 373 g/mol. The molecule has 4 nitrogen and oxygen atoms in total. The molecule has 0 spiro atoms. The molecule has 1 heterocycles. The Hall–Kier alpha value is -1.88. The Kier molecular flexibility index (Phi) is 6.30. The molecule has 1 saturated heterocycles. The number of amides is 1.